The standard InChI is InChI=1S/C32H33NO5/c1-6-8-15-37-25-14-11-22(18-27(25)36-7-2)29-28-30(34)24-16-20(4)21(5)17-26(24)38-31(28)32(35)33(29)23-12-9-19(3)10-13-23/h9-14,16-18,29H,6-8,15H2,1-5H3. The van der Waals surface area contributed by atoms with Gasteiger partial charge in [-0.2, -0.15) is 0 Å². The summed E-state index contributed by atoms with van der Waals surface area (Å²) in [6.45, 7) is 11.0. The van der Waals surface area contributed by atoms with Crippen molar-refractivity contribution in [3.63, 3.8) is 0 Å². The van der Waals surface area contributed by atoms with Crippen molar-refractivity contribution < 1.29 is 18.7 Å². The molecule has 0 bridgehead atoms. The molecule has 5 rings (SSSR count). The maximum Gasteiger partial charge on any atom is 0.295 e. The van der Waals surface area contributed by atoms with Crippen molar-refractivity contribution in [1.82, 2.24) is 0 Å². The van der Waals surface area contributed by atoms with Crippen LogP contribution in [-0.4, -0.2) is 19.1 Å². The lowest BCUT2D eigenvalue weighted by Gasteiger charge is -2.26. The molecule has 0 N–H and O–H groups in total. The summed E-state index contributed by atoms with van der Waals surface area (Å²) in [7, 11) is 0. The van der Waals surface area contributed by atoms with Crippen molar-refractivity contribution in [2.45, 2.75) is 53.5 Å². The number of amides is 1. The molecular weight excluding hydrogens is 478 g/mol. The molecule has 2 heterocycles. The third kappa shape index (κ3) is 4.44. The summed E-state index contributed by atoms with van der Waals surface area (Å²) in [5, 5.41) is 0.472. The van der Waals surface area contributed by atoms with Gasteiger partial charge in [0.2, 0.25) is 5.76 Å². The van der Waals surface area contributed by atoms with Gasteiger partial charge in [0.25, 0.3) is 5.91 Å². The Hall–Kier alpha value is -4.06. The number of nitrogens with zero attached hydrogens (tertiary/aromatic N) is 1. The number of unbranched alkanes of at least 4 members (excludes halogenated alkanes) is 1. The third-order valence-electron chi connectivity index (χ3n) is 7.14. The van der Waals surface area contributed by atoms with Crippen LogP contribution in [0.3, 0.4) is 0 Å². The van der Waals surface area contributed by atoms with Gasteiger partial charge in [-0.05, 0) is 87.2 Å². The molecule has 1 aliphatic heterocycles. The summed E-state index contributed by atoms with van der Waals surface area (Å²) in [5.74, 6) is 0.972. The Balaban J connectivity index is 1.73. The van der Waals surface area contributed by atoms with Crippen LogP contribution < -0.4 is 19.8 Å². The summed E-state index contributed by atoms with van der Waals surface area (Å²) in [6.07, 6.45) is 1.96. The van der Waals surface area contributed by atoms with E-state index in [1.807, 2.05) is 82.3 Å². The Kier molecular flexibility index (Phi) is 6.98. The zero-order chi connectivity index (χ0) is 27.0. The van der Waals surface area contributed by atoms with Crippen molar-refractivity contribution in [3.8, 4) is 11.5 Å². The van der Waals surface area contributed by atoms with Crippen molar-refractivity contribution in [2.75, 3.05) is 18.1 Å². The molecule has 0 fully saturated rings. The van der Waals surface area contributed by atoms with E-state index >= 15 is 0 Å². The van der Waals surface area contributed by atoms with Crippen LogP contribution in [0.2, 0.25) is 0 Å². The molecule has 6 heteroatoms. The predicted molar refractivity (Wildman–Crippen MR) is 150 cm³/mol. The zero-order valence-corrected chi connectivity index (χ0v) is 22.6. The maximum atomic E-state index is 14.0. The van der Waals surface area contributed by atoms with Gasteiger partial charge in [-0.25, -0.2) is 0 Å². The average molecular weight is 512 g/mol. The van der Waals surface area contributed by atoms with Gasteiger partial charge in [0.1, 0.15) is 5.58 Å². The van der Waals surface area contributed by atoms with E-state index in [9.17, 15) is 9.59 Å². The minimum atomic E-state index is -0.675. The Morgan fingerprint density at radius 1 is 0.868 bits per heavy atom. The van der Waals surface area contributed by atoms with Crippen LogP contribution in [0.1, 0.15) is 71.1 Å². The minimum Gasteiger partial charge on any atom is -0.490 e. The lowest BCUT2D eigenvalue weighted by molar-refractivity contribution is 0.0971. The van der Waals surface area contributed by atoms with Gasteiger partial charge in [0.05, 0.1) is 30.2 Å². The number of rotatable bonds is 8. The third-order valence-corrected chi connectivity index (χ3v) is 7.14. The number of benzene rings is 3. The smallest absolute Gasteiger partial charge is 0.295 e. The predicted octanol–water partition coefficient (Wildman–Crippen LogP) is 7.05. The molecule has 0 spiro atoms. The zero-order valence-electron chi connectivity index (χ0n) is 22.6. The fraction of sp³-hybridized carbons (Fsp3) is 0.312. The van der Waals surface area contributed by atoms with Gasteiger partial charge in [0.15, 0.2) is 16.9 Å². The van der Waals surface area contributed by atoms with Crippen molar-refractivity contribution in [1.29, 1.82) is 0 Å². The highest BCUT2D eigenvalue weighted by molar-refractivity contribution is 6.10. The van der Waals surface area contributed by atoms with Crippen LogP contribution in [0.25, 0.3) is 11.0 Å². The molecule has 1 amide bonds. The highest BCUT2D eigenvalue weighted by atomic mass is 16.5. The first kappa shape index (κ1) is 25.6. The number of ether oxygens (including phenoxy) is 2. The SMILES string of the molecule is CCCCOc1ccc(C2c3c(oc4cc(C)c(C)cc4c3=O)C(=O)N2c2ccc(C)cc2)cc1OCC. The Morgan fingerprint density at radius 3 is 2.32 bits per heavy atom. The lowest BCUT2D eigenvalue weighted by atomic mass is 9.96. The van der Waals surface area contributed by atoms with Gasteiger partial charge in [0, 0.05) is 5.69 Å². The molecule has 1 atom stereocenters. The van der Waals surface area contributed by atoms with E-state index in [1.165, 1.54) is 0 Å². The van der Waals surface area contributed by atoms with E-state index in [-0.39, 0.29) is 17.1 Å². The maximum absolute atomic E-state index is 14.0. The minimum absolute atomic E-state index is 0.0811. The molecule has 0 radical (unpaired) electrons. The van der Waals surface area contributed by atoms with Gasteiger partial charge in [-0.15, -0.1) is 0 Å². The van der Waals surface area contributed by atoms with Gasteiger partial charge >= 0.3 is 0 Å². The van der Waals surface area contributed by atoms with Crippen LogP contribution >= 0.6 is 0 Å². The summed E-state index contributed by atoms with van der Waals surface area (Å²) < 4.78 is 18.1. The first-order chi connectivity index (χ1) is 18.3. The second-order valence-corrected chi connectivity index (χ2v) is 9.86. The molecular formula is C32H33NO5. The summed E-state index contributed by atoms with van der Waals surface area (Å²) in [5.41, 5.74) is 5.07. The van der Waals surface area contributed by atoms with E-state index in [4.69, 9.17) is 13.9 Å². The van der Waals surface area contributed by atoms with Gasteiger partial charge < -0.3 is 13.9 Å². The van der Waals surface area contributed by atoms with E-state index in [1.54, 1.807) is 4.90 Å². The number of aryl methyl sites for hydroxylation is 3. The molecule has 0 saturated carbocycles. The van der Waals surface area contributed by atoms with Gasteiger partial charge in [-0.1, -0.05) is 37.1 Å². The number of hydrogen-bond donors (Lipinski definition) is 0. The Labute approximate surface area is 222 Å². The number of carbonyl (C=O) groups excluding carboxylic acids is 1. The number of fused-ring (bicyclic) bond motifs is 2. The van der Waals surface area contributed by atoms with E-state index in [0.29, 0.717) is 46.9 Å². The van der Waals surface area contributed by atoms with E-state index < -0.39 is 6.04 Å². The normalized spacial score (nSPS) is 14.7. The van der Waals surface area contributed by atoms with Crippen molar-refractivity contribution >= 4 is 22.6 Å². The molecule has 1 aromatic heterocycles. The van der Waals surface area contributed by atoms with Crippen LogP contribution in [-0.2, 0) is 0 Å². The first-order valence-electron chi connectivity index (χ1n) is 13.2. The molecule has 1 unspecified atom stereocenters. The Bertz CT molecular complexity index is 1570. The first-order valence-corrected chi connectivity index (χ1v) is 13.2. The van der Waals surface area contributed by atoms with Crippen LogP contribution in [0, 0.1) is 20.8 Å². The van der Waals surface area contributed by atoms with Crippen molar-refractivity contribution in [3.05, 3.63) is 98.4 Å². The highest BCUT2D eigenvalue weighted by Gasteiger charge is 2.44. The fourth-order valence-corrected chi connectivity index (χ4v) is 4.92. The lowest BCUT2D eigenvalue weighted by Crippen LogP contribution is -2.29. The van der Waals surface area contributed by atoms with Crippen LogP contribution in [0.15, 0.2) is 63.8 Å². The summed E-state index contributed by atoms with van der Waals surface area (Å²) in [6, 6.07) is 16.4. The van der Waals surface area contributed by atoms with Crippen molar-refractivity contribution in [2.24, 2.45) is 0 Å². The molecule has 1 aliphatic rings. The monoisotopic (exact) mass is 511 g/mol. The number of anilines is 1. The average Bonchev–Trinajstić information content (AvgIpc) is 3.19. The topological polar surface area (TPSA) is 69.0 Å². The molecule has 6 nitrogen and oxygen atoms in total. The van der Waals surface area contributed by atoms with E-state index in [0.717, 1.165) is 35.1 Å². The summed E-state index contributed by atoms with van der Waals surface area (Å²) >= 11 is 0. The molecule has 3 aromatic carbocycles. The van der Waals surface area contributed by atoms with Crippen LogP contribution in [0.4, 0.5) is 5.69 Å². The second kappa shape index (κ2) is 10.4. The molecule has 38 heavy (non-hydrogen) atoms. The fourth-order valence-electron chi connectivity index (χ4n) is 4.92. The summed E-state index contributed by atoms with van der Waals surface area (Å²) in [4.78, 5) is 29.6. The number of hydrogen-bond acceptors (Lipinski definition) is 5. The second-order valence-electron chi connectivity index (χ2n) is 9.86. The quantitative estimate of drug-likeness (QED) is 0.237. The largest absolute Gasteiger partial charge is 0.490 e. The molecule has 196 valence electrons. The molecule has 4 aromatic rings. The van der Waals surface area contributed by atoms with Gasteiger partial charge in [-0.3, -0.25) is 14.5 Å². The number of carbonyl (C=O) groups is 1. The highest BCUT2D eigenvalue weighted by Crippen LogP contribution is 2.43. The van der Waals surface area contributed by atoms with E-state index in [2.05, 4.69) is 6.92 Å². The molecule has 0 saturated heterocycles. The van der Waals surface area contributed by atoms with Crippen LogP contribution in [0.5, 0.6) is 11.5 Å². The Morgan fingerprint density at radius 2 is 1.61 bits per heavy atom. The molecule has 0 aliphatic carbocycles.